The number of carbonyl (C=O) groups is 1. The number of nitrogens with zero attached hydrogens (tertiary/aromatic N) is 1. The number of hydrogen-bond donors (Lipinski definition) is 1. The van der Waals surface area contributed by atoms with Gasteiger partial charge in [0.05, 0.1) is 7.11 Å². The molecule has 2 heterocycles. The molecule has 0 radical (unpaired) electrons. The van der Waals surface area contributed by atoms with Crippen molar-refractivity contribution in [3.05, 3.63) is 59.7 Å². The Kier molecular flexibility index (Phi) is 6.61. The number of hydrogen-bond acceptors (Lipinski definition) is 5. The van der Waals surface area contributed by atoms with Crippen LogP contribution in [0.4, 0.5) is 0 Å². The standard InChI is InChI=1S/C25H29NO6S/c1-18-16-20(6-7-23(18)21-4-3-5-22(17-21)31-2)19-8-12-26(13-9-19)33(29,30)25(24(27)28)10-14-32-15-11-25/h3-8,16-17H,9-15H2,1-2H3,(H,27,28). The van der Waals surface area contributed by atoms with E-state index < -0.39 is 20.7 Å². The molecule has 0 atom stereocenters. The number of rotatable bonds is 6. The van der Waals surface area contributed by atoms with Gasteiger partial charge in [-0.15, -0.1) is 0 Å². The summed E-state index contributed by atoms with van der Waals surface area (Å²) >= 11 is 0. The Morgan fingerprint density at radius 1 is 1.12 bits per heavy atom. The van der Waals surface area contributed by atoms with Gasteiger partial charge in [0, 0.05) is 39.1 Å². The van der Waals surface area contributed by atoms with Crippen molar-refractivity contribution in [2.45, 2.75) is 30.9 Å². The van der Waals surface area contributed by atoms with Crippen LogP contribution in [0.25, 0.3) is 16.7 Å². The monoisotopic (exact) mass is 471 g/mol. The topological polar surface area (TPSA) is 93.1 Å². The molecule has 7 nitrogen and oxygen atoms in total. The van der Waals surface area contributed by atoms with E-state index in [-0.39, 0.29) is 39.1 Å². The van der Waals surface area contributed by atoms with E-state index in [9.17, 15) is 18.3 Å². The third-order valence-corrected chi connectivity index (χ3v) is 9.26. The molecular weight excluding hydrogens is 442 g/mol. The molecule has 8 heteroatoms. The van der Waals surface area contributed by atoms with Crippen LogP contribution in [0.5, 0.6) is 5.75 Å². The number of carboxylic acids is 1. The van der Waals surface area contributed by atoms with Crippen LogP contribution in [0, 0.1) is 6.92 Å². The summed E-state index contributed by atoms with van der Waals surface area (Å²) in [6.07, 6.45) is 2.38. The normalized spacial score (nSPS) is 19.0. The molecule has 1 fully saturated rings. The second-order valence-electron chi connectivity index (χ2n) is 8.52. The summed E-state index contributed by atoms with van der Waals surface area (Å²) in [5, 5.41) is 9.78. The summed E-state index contributed by atoms with van der Waals surface area (Å²) in [6, 6.07) is 14.2. The summed E-state index contributed by atoms with van der Waals surface area (Å²) in [5.74, 6) is -0.486. The zero-order chi connectivity index (χ0) is 23.6. The zero-order valence-corrected chi connectivity index (χ0v) is 19.7. The maximum atomic E-state index is 13.3. The van der Waals surface area contributed by atoms with Gasteiger partial charge in [-0.1, -0.05) is 36.4 Å². The highest BCUT2D eigenvalue weighted by atomic mass is 32.2. The van der Waals surface area contributed by atoms with Gasteiger partial charge in [-0.05, 0) is 53.3 Å². The third kappa shape index (κ3) is 4.30. The largest absolute Gasteiger partial charge is 0.497 e. The molecule has 1 saturated heterocycles. The van der Waals surface area contributed by atoms with E-state index >= 15 is 0 Å². The molecule has 0 aliphatic carbocycles. The Bertz CT molecular complexity index is 1180. The molecule has 0 spiro atoms. The third-order valence-electron chi connectivity index (χ3n) is 6.67. The van der Waals surface area contributed by atoms with Crippen LogP contribution in [0.15, 0.2) is 48.5 Å². The highest BCUT2D eigenvalue weighted by Gasteiger charge is 2.54. The summed E-state index contributed by atoms with van der Waals surface area (Å²) in [5.41, 5.74) is 5.42. The lowest BCUT2D eigenvalue weighted by Gasteiger charge is -2.38. The first-order valence-electron chi connectivity index (χ1n) is 11.0. The van der Waals surface area contributed by atoms with Gasteiger partial charge in [-0.25, -0.2) is 8.42 Å². The summed E-state index contributed by atoms with van der Waals surface area (Å²) in [7, 11) is -2.36. The Morgan fingerprint density at radius 3 is 2.48 bits per heavy atom. The van der Waals surface area contributed by atoms with Crippen LogP contribution in [0.3, 0.4) is 0 Å². The first kappa shape index (κ1) is 23.5. The van der Waals surface area contributed by atoms with Gasteiger partial charge >= 0.3 is 5.97 Å². The first-order chi connectivity index (χ1) is 15.8. The second-order valence-corrected chi connectivity index (χ2v) is 10.8. The van der Waals surface area contributed by atoms with Crippen LogP contribution in [0.2, 0.25) is 0 Å². The van der Waals surface area contributed by atoms with Crippen LogP contribution < -0.4 is 4.74 Å². The molecule has 2 aliphatic heterocycles. The van der Waals surface area contributed by atoms with Gasteiger partial charge in [0.1, 0.15) is 5.75 Å². The van der Waals surface area contributed by atoms with Crippen LogP contribution in [-0.2, 0) is 19.6 Å². The molecule has 1 N–H and O–H groups in total. The average molecular weight is 472 g/mol. The van der Waals surface area contributed by atoms with E-state index in [0.717, 1.165) is 33.6 Å². The van der Waals surface area contributed by atoms with Gasteiger partial charge in [-0.2, -0.15) is 4.31 Å². The van der Waals surface area contributed by atoms with Gasteiger partial charge in [-0.3, -0.25) is 4.79 Å². The van der Waals surface area contributed by atoms with Gasteiger partial charge in [0.2, 0.25) is 10.0 Å². The second kappa shape index (κ2) is 9.29. The lowest BCUT2D eigenvalue weighted by molar-refractivity contribution is -0.142. The number of ether oxygens (including phenoxy) is 2. The minimum Gasteiger partial charge on any atom is -0.497 e. The van der Waals surface area contributed by atoms with Gasteiger partial charge in [0.25, 0.3) is 0 Å². The number of aliphatic carboxylic acids is 1. The van der Waals surface area contributed by atoms with E-state index in [1.165, 1.54) is 4.31 Å². The van der Waals surface area contributed by atoms with Crippen molar-refractivity contribution < 1.29 is 27.8 Å². The van der Waals surface area contributed by atoms with Crippen molar-refractivity contribution in [1.82, 2.24) is 4.31 Å². The Labute approximate surface area is 194 Å². The number of aryl methyl sites for hydroxylation is 1. The van der Waals surface area contributed by atoms with Gasteiger partial charge < -0.3 is 14.6 Å². The zero-order valence-electron chi connectivity index (χ0n) is 18.9. The lowest BCUT2D eigenvalue weighted by atomic mass is 9.93. The van der Waals surface area contributed by atoms with Crippen molar-refractivity contribution in [3.8, 4) is 16.9 Å². The minimum absolute atomic E-state index is 0.0251. The highest BCUT2D eigenvalue weighted by molar-refractivity contribution is 7.91. The number of methoxy groups -OCH3 is 1. The van der Waals surface area contributed by atoms with E-state index in [4.69, 9.17) is 9.47 Å². The van der Waals surface area contributed by atoms with Crippen LogP contribution in [-0.4, -0.2) is 62.0 Å². The summed E-state index contributed by atoms with van der Waals surface area (Å²) in [6.45, 7) is 2.77. The molecule has 0 unspecified atom stereocenters. The SMILES string of the molecule is COc1cccc(-c2ccc(C3=CCN(S(=O)(=O)C4(C(=O)O)CCOCC4)CC3)cc2C)c1. The summed E-state index contributed by atoms with van der Waals surface area (Å²) < 4.78 is 36.7. The maximum absolute atomic E-state index is 13.3. The van der Waals surface area contributed by atoms with E-state index in [0.29, 0.717) is 6.42 Å². The molecule has 176 valence electrons. The van der Waals surface area contributed by atoms with E-state index in [1.807, 2.05) is 30.3 Å². The molecule has 2 aliphatic rings. The van der Waals surface area contributed by atoms with Crippen molar-refractivity contribution in [3.63, 3.8) is 0 Å². The van der Waals surface area contributed by atoms with Crippen molar-refractivity contribution >= 4 is 21.6 Å². The molecule has 33 heavy (non-hydrogen) atoms. The Morgan fingerprint density at radius 2 is 1.88 bits per heavy atom. The molecule has 4 rings (SSSR count). The van der Waals surface area contributed by atoms with Crippen molar-refractivity contribution in [2.75, 3.05) is 33.4 Å². The maximum Gasteiger partial charge on any atom is 0.326 e. The molecule has 0 bridgehead atoms. The van der Waals surface area contributed by atoms with Crippen LogP contribution >= 0.6 is 0 Å². The predicted molar refractivity (Wildman–Crippen MR) is 127 cm³/mol. The van der Waals surface area contributed by atoms with E-state index in [2.05, 4.69) is 25.1 Å². The summed E-state index contributed by atoms with van der Waals surface area (Å²) in [4.78, 5) is 12.0. The van der Waals surface area contributed by atoms with Crippen molar-refractivity contribution in [2.24, 2.45) is 0 Å². The fraction of sp³-hybridized carbons (Fsp3) is 0.400. The van der Waals surface area contributed by atoms with Crippen LogP contribution in [0.1, 0.15) is 30.4 Å². The number of benzene rings is 2. The molecule has 2 aromatic rings. The van der Waals surface area contributed by atoms with Gasteiger partial charge in [0.15, 0.2) is 4.75 Å². The average Bonchev–Trinajstić information content (AvgIpc) is 2.84. The fourth-order valence-corrected chi connectivity index (χ4v) is 6.64. The quantitative estimate of drug-likeness (QED) is 0.690. The fourth-order valence-electron chi connectivity index (χ4n) is 4.64. The number of carboxylic acid groups (broad SMARTS) is 1. The van der Waals surface area contributed by atoms with E-state index in [1.54, 1.807) is 7.11 Å². The molecule has 0 amide bonds. The Balaban J connectivity index is 1.55. The molecular formula is C25H29NO6S. The lowest BCUT2D eigenvalue weighted by Crippen LogP contribution is -2.56. The van der Waals surface area contributed by atoms with Crippen molar-refractivity contribution in [1.29, 1.82) is 0 Å². The molecule has 2 aromatic carbocycles. The molecule has 0 aromatic heterocycles. The Hall–Kier alpha value is -2.68. The minimum atomic E-state index is -4.01. The first-order valence-corrected chi connectivity index (χ1v) is 12.5. The molecule has 0 saturated carbocycles. The highest BCUT2D eigenvalue weighted by Crippen LogP contribution is 2.36. The smallest absolute Gasteiger partial charge is 0.326 e. The number of sulfonamides is 1. The predicted octanol–water partition coefficient (Wildman–Crippen LogP) is 3.72.